The number of nitrogens with zero attached hydrogens (tertiary/aromatic N) is 4. The molecular formula is C37H32N4OPt-2. The average molecular weight is 744 g/mol. The standard InChI is InChI=1S/C37H32N4O.Pt/c1-37(2,3)27-19-20-38-36(23-27)41-34-16-8-7-15-32(34)33-18-17-31(25-35(33)41)42-30-14-9-13-29(24-30)40-22-10-21-39(26-40)28-11-5-4-6-12-28;/h4-9,11-20,23H,10,21-22H2,1-3H3;/q-2;. The molecular weight excluding hydrogens is 712 g/mol. The van der Waals surface area contributed by atoms with E-state index in [0.717, 1.165) is 58.5 Å². The van der Waals surface area contributed by atoms with Gasteiger partial charge in [0.1, 0.15) is 5.82 Å². The van der Waals surface area contributed by atoms with Gasteiger partial charge in [-0.15, -0.1) is 23.6 Å². The molecule has 6 heteroatoms. The molecule has 0 saturated heterocycles. The number of benzene rings is 4. The Kier molecular flexibility index (Phi) is 7.94. The monoisotopic (exact) mass is 743 g/mol. The van der Waals surface area contributed by atoms with E-state index in [9.17, 15) is 0 Å². The number of rotatable bonds is 5. The summed E-state index contributed by atoms with van der Waals surface area (Å²) in [6, 6.07) is 40.2. The molecule has 0 aliphatic carbocycles. The first-order valence-electron chi connectivity index (χ1n) is 14.4. The van der Waals surface area contributed by atoms with Gasteiger partial charge in [-0.1, -0.05) is 80.5 Å². The molecule has 1 aliphatic rings. The maximum absolute atomic E-state index is 6.38. The van der Waals surface area contributed by atoms with E-state index >= 15 is 0 Å². The summed E-state index contributed by atoms with van der Waals surface area (Å²) < 4.78 is 10.7. The first kappa shape index (κ1) is 28.9. The van der Waals surface area contributed by atoms with Gasteiger partial charge in [0.05, 0.1) is 13.1 Å². The molecule has 0 amide bonds. The average Bonchev–Trinajstić information content (AvgIpc) is 3.35. The fraction of sp³-hybridized carbons (Fsp3) is 0.189. The number of anilines is 1. The van der Waals surface area contributed by atoms with E-state index in [4.69, 9.17) is 9.72 Å². The Bertz CT molecular complexity index is 1940. The van der Waals surface area contributed by atoms with Crippen LogP contribution < -0.4 is 9.64 Å². The summed E-state index contributed by atoms with van der Waals surface area (Å²) in [5.41, 5.74) is 5.32. The van der Waals surface area contributed by atoms with Crippen molar-refractivity contribution in [1.82, 2.24) is 9.55 Å². The molecule has 5 nitrogen and oxygen atoms in total. The van der Waals surface area contributed by atoms with Crippen LogP contribution in [0.3, 0.4) is 0 Å². The summed E-state index contributed by atoms with van der Waals surface area (Å²) in [7, 11) is 0. The fourth-order valence-corrected chi connectivity index (χ4v) is 5.55. The summed E-state index contributed by atoms with van der Waals surface area (Å²) in [6.07, 6.45) is 6.44. The molecule has 43 heavy (non-hydrogen) atoms. The van der Waals surface area contributed by atoms with Crippen molar-refractivity contribution in [2.24, 2.45) is 0 Å². The summed E-state index contributed by atoms with van der Waals surface area (Å²) in [5.74, 6) is 2.14. The van der Waals surface area contributed by atoms with Crippen molar-refractivity contribution >= 4 is 39.5 Å². The Hall–Kier alpha value is -4.21. The first-order valence-corrected chi connectivity index (χ1v) is 14.4. The number of hydrogen-bond donors (Lipinski definition) is 0. The van der Waals surface area contributed by atoms with Crippen LogP contribution in [0.15, 0.2) is 103 Å². The van der Waals surface area contributed by atoms with Crippen molar-refractivity contribution in [3.8, 4) is 17.3 Å². The van der Waals surface area contributed by atoms with Gasteiger partial charge in [0.2, 0.25) is 6.34 Å². The molecule has 0 fully saturated rings. The zero-order valence-electron chi connectivity index (χ0n) is 24.4. The predicted molar refractivity (Wildman–Crippen MR) is 170 cm³/mol. The molecule has 0 spiro atoms. The van der Waals surface area contributed by atoms with Gasteiger partial charge >= 0.3 is 0 Å². The van der Waals surface area contributed by atoms with E-state index in [2.05, 4.69) is 120 Å². The molecule has 218 valence electrons. The van der Waals surface area contributed by atoms with Crippen LogP contribution >= 0.6 is 0 Å². The molecule has 0 saturated carbocycles. The van der Waals surface area contributed by atoms with E-state index in [1.807, 2.05) is 36.5 Å². The van der Waals surface area contributed by atoms with Crippen LogP contribution in [0.1, 0.15) is 32.8 Å². The van der Waals surface area contributed by atoms with Gasteiger partial charge in [0.25, 0.3) is 0 Å². The number of aromatic nitrogens is 2. The molecule has 2 aromatic heterocycles. The normalized spacial score (nSPS) is 13.6. The van der Waals surface area contributed by atoms with E-state index in [-0.39, 0.29) is 26.5 Å². The zero-order valence-corrected chi connectivity index (χ0v) is 26.7. The van der Waals surface area contributed by atoms with Crippen molar-refractivity contribution in [3.63, 3.8) is 0 Å². The summed E-state index contributed by atoms with van der Waals surface area (Å²) >= 11 is 0. The number of ether oxygens (including phenoxy) is 1. The Morgan fingerprint density at radius 1 is 0.814 bits per heavy atom. The minimum atomic E-state index is 0. The van der Waals surface area contributed by atoms with Crippen molar-refractivity contribution < 1.29 is 30.4 Å². The maximum atomic E-state index is 6.38. The molecule has 0 N–H and O–H groups in total. The largest absolute Gasteiger partial charge is 0.510 e. The maximum Gasteiger partial charge on any atom is 0.204 e. The van der Waals surface area contributed by atoms with Crippen LogP contribution in [0, 0.1) is 12.1 Å². The van der Waals surface area contributed by atoms with Gasteiger partial charge in [0.15, 0.2) is 0 Å². The van der Waals surface area contributed by atoms with Crippen LogP contribution in [0.2, 0.25) is 0 Å². The Morgan fingerprint density at radius 3 is 2.44 bits per heavy atom. The summed E-state index contributed by atoms with van der Waals surface area (Å²) in [5, 5.41) is 2.27. The van der Waals surface area contributed by atoms with Crippen LogP contribution in [0.5, 0.6) is 11.5 Å². The molecule has 4 aromatic carbocycles. The topological polar surface area (TPSA) is 33.3 Å². The van der Waals surface area contributed by atoms with E-state index in [1.54, 1.807) is 0 Å². The first-order chi connectivity index (χ1) is 20.4. The molecule has 0 bridgehead atoms. The van der Waals surface area contributed by atoms with E-state index < -0.39 is 0 Å². The zero-order chi connectivity index (χ0) is 28.7. The SMILES string of the molecule is CC(C)(C)c1ccnc(-n2c3[c-]c(Oc4[c-]c(N5[C-]=[N+](c6ccccc6)CCC5)ccc4)ccc3c3ccccc32)c1.[Pt]. The molecule has 3 heterocycles. The van der Waals surface area contributed by atoms with Crippen molar-refractivity contribution in [1.29, 1.82) is 0 Å². The van der Waals surface area contributed by atoms with Gasteiger partial charge in [-0.3, -0.25) is 0 Å². The Balaban J connectivity index is 0.00000329. The van der Waals surface area contributed by atoms with Gasteiger partial charge in [-0.2, -0.15) is 24.3 Å². The van der Waals surface area contributed by atoms with Crippen LogP contribution in [-0.2, 0) is 26.5 Å². The molecule has 0 unspecified atom stereocenters. The molecule has 1 aliphatic heterocycles. The van der Waals surface area contributed by atoms with Gasteiger partial charge < -0.3 is 18.8 Å². The van der Waals surface area contributed by atoms with Crippen molar-refractivity contribution in [3.05, 3.63) is 121 Å². The number of pyridine rings is 1. The Morgan fingerprint density at radius 2 is 1.60 bits per heavy atom. The second-order valence-corrected chi connectivity index (χ2v) is 11.7. The second-order valence-electron chi connectivity index (χ2n) is 11.7. The van der Waals surface area contributed by atoms with Gasteiger partial charge in [0, 0.05) is 56.4 Å². The summed E-state index contributed by atoms with van der Waals surface area (Å²) in [6.45, 7) is 8.48. The van der Waals surface area contributed by atoms with Crippen molar-refractivity contribution in [2.75, 3.05) is 18.0 Å². The van der Waals surface area contributed by atoms with Crippen molar-refractivity contribution in [2.45, 2.75) is 32.6 Å². The number of hydrogen-bond acceptors (Lipinski definition) is 3. The fourth-order valence-electron chi connectivity index (χ4n) is 5.55. The minimum Gasteiger partial charge on any atom is -0.510 e. The number of fused-ring (bicyclic) bond motifs is 3. The van der Waals surface area contributed by atoms with E-state index in [1.165, 1.54) is 5.56 Å². The number of para-hydroxylation sites is 2. The molecule has 6 aromatic rings. The smallest absolute Gasteiger partial charge is 0.204 e. The quantitative estimate of drug-likeness (QED) is 0.132. The van der Waals surface area contributed by atoms with Crippen LogP contribution in [0.4, 0.5) is 11.4 Å². The Labute approximate surface area is 267 Å². The predicted octanol–water partition coefficient (Wildman–Crippen LogP) is 8.33. The third-order valence-corrected chi connectivity index (χ3v) is 7.73. The molecule has 0 radical (unpaired) electrons. The third kappa shape index (κ3) is 5.74. The second kappa shape index (κ2) is 11.8. The minimum absolute atomic E-state index is 0. The van der Waals surface area contributed by atoms with Gasteiger partial charge in [-0.05, 0) is 34.6 Å². The molecule has 7 rings (SSSR count). The van der Waals surface area contributed by atoms with Crippen LogP contribution in [-0.4, -0.2) is 33.6 Å². The molecule has 0 atom stereocenters. The van der Waals surface area contributed by atoms with Gasteiger partial charge in [-0.25, -0.2) is 4.98 Å². The van der Waals surface area contributed by atoms with E-state index in [0.29, 0.717) is 11.5 Å². The summed E-state index contributed by atoms with van der Waals surface area (Å²) in [4.78, 5) is 6.89. The third-order valence-electron chi connectivity index (χ3n) is 7.73. The van der Waals surface area contributed by atoms with Crippen LogP contribution in [0.25, 0.3) is 27.6 Å².